The molecule has 0 radical (unpaired) electrons. The third-order valence-corrected chi connectivity index (χ3v) is 3.36. The molecule has 2 aromatic rings. The third-order valence-electron chi connectivity index (χ3n) is 3.36. The number of furan rings is 1. The monoisotopic (exact) mass is 276 g/mol. The SMILES string of the molecule is Cc1ccc(CN(C)C(c2cccc(F)c2)C(C)N)o1. The maximum Gasteiger partial charge on any atom is 0.123 e. The molecule has 0 amide bonds. The van der Waals surface area contributed by atoms with Crippen molar-refractivity contribution in [2.45, 2.75) is 32.5 Å². The highest BCUT2D eigenvalue weighted by Crippen LogP contribution is 2.25. The highest BCUT2D eigenvalue weighted by atomic mass is 19.1. The Morgan fingerprint density at radius 2 is 2.05 bits per heavy atom. The summed E-state index contributed by atoms with van der Waals surface area (Å²) in [6.07, 6.45) is 0. The third kappa shape index (κ3) is 3.46. The second-order valence-corrected chi connectivity index (χ2v) is 5.29. The summed E-state index contributed by atoms with van der Waals surface area (Å²) in [5, 5.41) is 0. The maximum absolute atomic E-state index is 13.4. The molecule has 3 nitrogen and oxygen atoms in total. The van der Waals surface area contributed by atoms with Crippen molar-refractivity contribution in [3.8, 4) is 0 Å². The first-order valence-corrected chi connectivity index (χ1v) is 6.74. The van der Waals surface area contributed by atoms with E-state index in [1.165, 1.54) is 12.1 Å². The molecule has 0 aliphatic heterocycles. The van der Waals surface area contributed by atoms with Crippen molar-refractivity contribution in [1.82, 2.24) is 4.90 Å². The summed E-state index contributed by atoms with van der Waals surface area (Å²) >= 11 is 0. The molecule has 0 aliphatic carbocycles. The molecule has 1 aromatic carbocycles. The van der Waals surface area contributed by atoms with Crippen LogP contribution in [-0.2, 0) is 6.54 Å². The smallest absolute Gasteiger partial charge is 0.123 e. The number of hydrogen-bond donors (Lipinski definition) is 1. The molecule has 1 heterocycles. The zero-order valence-corrected chi connectivity index (χ0v) is 12.1. The molecule has 2 rings (SSSR count). The molecule has 0 spiro atoms. The normalized spacial score (nSPS) is 14.5. The van der Waals surface area contributed by atoms with Crippen LogP contribution in [0.4, 0.5) is 4.39 Å². The van der Waals surface area contributed by atoms with Gasteiger partial charge in [0.05, 0.1) is 6.54 Å². The summed E-state index contributed by atoms with van der Waals surface area (Å²) in [4.78, 5) is 2.08. The minimum atomic E-state index is -0.240. The summed E-state index contributed by atoms with van der Waals surface area (Å²) in [7, 11) is 1.97. The van der Waals surface area contributed by atoms with Crippen LogP contribution in [0, 0.1) is 12.7 Å². The molecule has 2 N–H and O–H groups in total. The van der Waals surface area contributed by atoms with Crippen molar-refractivity contribution in [3.05, 3.63) is 59.3 Å². The largest absolute Gasteiger partial charge is 0.465 e. The Labute approximate surface area is 119 Å². The van der Waals surface area contributed by atoms with E-state index in [-0.39, 0.29) is 17.9 Å². The highest BCUT2D eigenvalue weighted by Gasteiger charge is 2.22. The minimum Gasteiger partial charge on any atom is -0.465 e. The fourth-order valence-electron chi connectivity index (χ4n) is 2.56. The van der Waals surface area contributed by atoms with E-state index in [0.717, 1.165) is 17.1 Å². The minimum absolute atomic E-state index is 0.0592. The van der Waals surface area contributed by atoms with Gasteiger partial charge in [-0.2, -0.15) is 0 Å². The quantitative estimate of drug-likeness (QED) is 0.911. The Kier molecular flexibility index (Phi) is 4.57. The average Bonchev–Trinajstić information content (AvgIpc) is 2.74. The van der Waals surface area contributed by atoms with Crippen LogP contribution in [0.5, 0.6) is 0 Å². The van der Waals surface area contributed by atoms with E-state index in [1.807, 2.05) is 39.1 Å². The van der Waals surface area contributed by atoms with Gasteiger partial charge in [-0.05, 0) is 50.7 Å². The van der Waals surface area contributed by atoms with Crippen LogP contribution < -0.4 is 5.73 Å². The van der Waals surface area contributed by atoms with Gasteiger partial charge in [0.15, 0.2) is 0 Å². The van der Waals surface area contributed by atoms with Crippen molar-refractivity contribution < 1.29 is 8.81 Å². The van der Waals surface area contributed by atoms with Crippen molar-refractivity contribution in [3.63, 3.8) is 0 Å². The number of nitrogens with two attached hydrogens (primary N) is 1. The van der Waals surface area contributed by atoms with Gasteiger partial charge < -0.3 is 10.2 Å². The highest BCUT2D eigenvalue weighted by molar-refractivity contribution is 5.22. The van der Waals surface area contributed by atoms with Crippen LogP contribution in [0.1, 0.15) is 30.0 Å². The first-order chi connectivity index (χ1) is 9.47. The zero-order chi connectivity index (χ0) is 14.7. The lowest BCUT2D eigenvalue weighted by molar-refractivity contribution is 0.195. The lowest BCUT2D eigenvalue weighted by Crippen LogP contribution is -2.36. The summed E-state index contributed by atoms with van der Waals surface area (Å²) < 4.78 is 19.0. The average molecular weight is 276 g/mol. The summed E-state index contributed by atoms with van der Waals surface area (Å²) in [5.74, 6) is 1.53. The first kappa shape index (κ1) is 14.8. The van der Waals surface area contributed by atoms with Gasteiger partial charge in [0, 0.05) is 12.1 Å². The predicted octanol–water partition coefficient (Wildman–Crippen LogP) is 3.25. The molecular weight excluding hydrogens is 255 g/mol. The standard InChI is InChI=1S/C16H21FN2O/c1-11-7-8-15(20-11)10-19(3)16(12(2)18)13-5-4-6-14(17)9-13/h4-9,12,16H,10,18H2,1-3H3. The number of nitrogens with zero attached hydrogens (tertiary/aromatic N) is 1. The van der Waals surface area contributed by atoms with E-state index in [2.05, 4.69) is 4.90 Å². The topological polar surface area (TPSA) is 42.4 Å². The van der Waals surface area contributed by atoms with E-state index in [9.17, 15) is 4.39 Å². The van der Waals surface area contributed by atoms with Crippen molar-refractivity contribution >= 4 is 0 Å². The fourth-order valence-corrected chi connectivity index (χ4v) is 2.56. The number of halogens is 1. The molecule has 4 heteroatoms. The molecule has 108 valence electrons. The second kappa shape index (κ2) is 6.20. The van der Waals surface area contributed by atoms with Gasteiger partial charge in [0.2, 0.25) is 0 Å². The Morgan fingerprint density at radius 1 is 1.30 bits per heavy atom. The lowest BCUT2D eigenvalue weighted by atomic mass is 9.99. The fraction of sp³-hybridized carbons (Fsp3) is 0.375. The van der Waals surface area contributed by atoms with Crippen LogP contribution in [0.2, 0.25) is 0 Å². The molecule has 0 bridgehead atoms. The van der Waals surface area contributed by atoms with Crippen LogP contribution in [0.15, 0.2) is 40.8 Å². The van der Waals surface area contributed by atoms with E-state index in [0.29, 0.717) is 6.54 Å². The van der Waals surface area contributed by atoms with Gasteiger partial charge in [-0.1, -0.05) is 12.1 Å². The molecule has 0 saturated heterocycles. The van der Waals surface area contributed by atoms with E-state index >= 15 is 0 Å². The maximum atomic E-state index is 13.4. The molecule has 0 fully saturated rings. The molecular formula is C16H21FN2O. The summed E-state index contributed by atoms with van der Waals surface area (Å²) in [5.41, 5.74) is 6.96. The Hall–Kier alpha value is -1.65. The van der Waals surface area contributed by atoms with E-state index < -0.39 is 0 Å². The molecule has 20 heavy (non-hydrogen) atoms. The van der Waals surface area contributed by atoms with Gasteiger partial charge in [-0.15, -0.1) is 0 Å². The summed E-state index contributed by atoms with van der Waals surface area (Å²) in [6, 6.07) is 10.3. The van der Waals surface area contributed by atoms with Gasteiger partial charge in [0.1, 0.15) is 17.3 Å². The van der Waals surface area contributed by atoms with Gasteiger partial charge in [0.25, 0.3) is 0 Å². The van der Waals surface area contributed by atoms with Crippen molar-refractivity contribution in [2.24, 2.45) is 5.73 Å². The molecule has 0 aliphatic rings. The van der Waals surface area contributed by atoms with Crippen LogP contribution in [0.3, 0.4) is 0 Å². The molecule has 2 unspecified atom stereocenters. The number of benzene rings is 1. The lowest BCUT2D eigenvalue weighted by Gasteiger charge is -2.30. The second-order valence-electron chi connectivity index (χ2n) is 5.29. The first-order valence-electron chi connectivity index (χ1n) is 6.74. The number of likely N-dealkylation sites (N-methyl/N-ethyl adjacent to an activating group) is 1. The van der Waals surface area contributed by atoms with E-state index in [4.69, 9.17) is 10.2 Å². The number of rotatable bonds is 5. The molecule has 1 aromatic heterocycles. The van der Waals surface area contributed by atoms with Gasteiger partial charge in [-0.25, -0.2) is 4.39 Å². The van der Waals surface area contributed by atoms with Crippen molar-refractivity contribution in [2.75, 3.05) is 7.05 Å². The van der Waals surface area contributed by atoms with Crippen LogP contribution >= 0.6 is 0 Å². The number of hydrogen-bond acceptors (Lipinski definition) is 3. The van der Waals surface area contributed by atoms with Crippen molar-refractivity contribution in [1.29, 1.82) is 0 Å². The van der Waals surface area contributed by atoms with Crippen LogP contribution in [-0.4, -0.2) is 18.0 Å². The Morgan fingerprint density at radius 3 is 2.60 bits per heavy atom. The Bertz CT molecular complexity index is 565. The van der Waals surface area contributed by atoms with Gasteiger partial charge >= 0.3 is 0 Å². The molecule has 0 saturated carbocycles. The number of aryl methyl sites for hydroxylation is 1. The Balaban J connectivity index is 2.20. The van der Waals surface area contributed by atoms with Gasteiger partial charge in [-0.3, -0.25) is 4.90 Å². The summed E-state index contributed by atoms with van der Waals surface area (Å²) in [6.45, 7) is 4.48. The predicted molar refractivity (Wildman–Crippen MR) is 77.7 cm³/mol. The molecule has 2 atom stereocenters. The van der Waals surface area contributed by atoms with E-state index in [1.54, 1.807) is 6.07 Å². The van der Waals surface area contributed by atoms with Crippen LogP contribution in [0.25, 0.3) is 0 Å². The zero-order valence-electron chi connectivity index (χ0n) is 12.1.